The highest BCUT2D eigenvalue weighted by Gasteiger charge is 2.43. The predicted octanol–water partition coefficient (Wildman–Crippen LogP) is 3.21. The van der Waals surface area contributed by atoms with Crippen LogP contribution in [0.2, 0.25) is 0 Å². The summed E-state index contributed by atoms with van der Waals surface area (Å²) in [4.78, 5) is 31.2. The van der Waals surface area contributed by atoms with Crippen LogP contribution < -0.4 is 0 Å². The molecule has 2 aliphatic heterocycles. The number of ether oxygens (including phenoxy) is 1. The molecule has 1 atom stereocenters. The summed E-state index contributed by atoms with van der Waals surface area (Å²) in [5.41, 5.74) is 3.06. The molecule has 1 unspecified atom stereocenters. The molecule has 3 rings (SSSR count). The number of aliphatic imine (C=N–C) groups is 1. The number of thioether (sulfide) groups is 1. The maximum absolute atomic E-state index is 12.7. The highest BCUT2D eigenvalue weighted by molar-refractivity contribution is 8.15. The van der Waals surface area contributed by atoms with Gasteiger partial charge in [0.2, 0.25) is 5.91 Å². The lowest BCUT2D eigenvalue weighted by Gasteiger charge is -2.33. The molecule has 0 aliphatic carbocycles. The summed E-state index contributed by atoms with van der Waals surface area (Å²) in [7, 11) is 0. The van der Waals surface area contributed by atoms with Gasteiger partial charge >= 0.3 is 5.97 Å². The summed E-state index contributed by atoms with van der Waals surface area (Å²) in [6.07, 6.45) is -0.231. The fraction of sp³-hybridized carbons (Fsp3) is 0.389. The molecule has 5 nitrogen and oxygen atoms in total. The van der Waals surface area contributed by atoms with E-state index in [9.17, 15) is 9.59 Å². The number of aryl methyl sites for hydroxylation is 1. The van der Waals surface area contributed by atoms with Crippen molar-refractivity contribution < 1.29 is 14.3 Å². The van der Waals surface area contributed by atoms with Gasteiger partial charge in [-0.05, 0) is 33.3 Å². The van der Waals surface area contributed by atoms with Gasteiger partial charge in [0.05, 0.1) is 29.2 Å². The fourth-order valence-electron chi connectivity index (χ4n) is 2.84. The zero-order valence-corrected chi connectivity index (χ0v) is 15.0. The van der Waals surface area contributed by atoms with Crippen LogP contribution in [0.3, 0.4) is 0 Å². The number of fused-ring (bicyclic) bond motifs is 1. The molecule has 24 heavy (non-hydrogen) atoms. The van der Waals surface area contributed by atoms with E-state index in [2.05, 4.69) is 4.99 Å². The number of nitrogens with zero attached hydrogens (tertiary/aromatic N) is 2. The highest BCUT2D eigenvalue weighted by Crippen LogP contribution is 2.41. The molecule has 0 spiro atoms. The second-order valence-electron chi connectivity index (χ2n) is 6.21. The molecular weight excluding hydrogens is 324 g/mol. The molecule has 6 heteroatoms. The van der Waals surface area contributed by atoms with Gasteiger partial charge in [0, 0.05) is 0 Å². The van der Waals surface area contributed by atoms with Gasteiger partial charge in [-0.15, -0.1) is 0 Å². The summed E-state index contributed by atoms with van der Waals surface area (Å²) in [5.74, 6) is -0.103. The van der Waals surface area contributed by atoms with Crippen LogP contribution in [0.1, 0.15) is 37.9 Å². The quantitative estimate of drug-likeness (QED) is 0.790. The van der Waals surface area contributed by atoms with Crippen LogP contribution in [0.4, 0.5) is 0 Å². The third-order valence-electron chi connectivity index (χ3n) is 3.94. The normalized spacial score (nSPS) is 20.4. The molecule has 0 N–H and O–H groups in total. The van der Waals surface area contributed by atoms with E-state index in [1.807, 2.05) is 45.0 Å². The van der Waals surface area contributed by atoms with Gasteiger partial charge in [0.25, 0.3) is 0 Å². The first-order chi connectivity index (χ1) is 11.4. The van der Waals surface area contributed by atoms with E-state index in [-0.39, 0.29) is 12.0 Å². The lowest BCUT2D eigenvalue weighted by molar-refractivity contribution is -0.143. The number of esters is 1. The number of amidine groups is 1. The fourth-order valence-corrected chi connectivity index (χ4v) is 3.78. The van der Waals surface area contributed by atoms with Crippen LogP contribution in [0.5, 0.6) is 0 Å². The van der Waals surface area contributed by atoms with Crippen LogP contribution in [-0.2, 0) is 14.3 Å². The molecular formula is C18H20N2O3S. The van der Waals surface area contributed by atoms with Crippen LogP contribution in [-0.4, -0.2) is 33.8 Å². The third-order valence-corrected chi connectivity index (χ3v) is 4.88. The van der Waals surface area contributed by atoms with Crippen molar-refractivity contribution in [1.29, 1.82) is 0 Å². The van der Waals surface area contributed by atoms with Crippen molar-refractivity contribution in [2.24, 2.45) is 4.99 Å². The zero-order valence-electron chi connectivity index (χ0n) is 14.2. The lowest BCUT2D eigenvalue weighted by Crippen LogP contribution is -2.40. The standard InChI is InChI=1S/C18H20N2O3S/c1-10(2)23-17(22)15-12(4)19-18-20(14(21)9-24-18)16(15)13-7-5-11(3)6-8-13/h5-8,10,16H,9H2,1-4H3. The molecule has 0 aromatic heterocycles. The molecule has 126 valence electrons. The van der Waals surface area contributed by atoms with E-state index in [0.717, 1.165) is 11.1 Å². The minimum Gasteiger partial charge on any atom is -0.459 e. The van der Waals surface area contributed by atoms with Crippen molar-refractivity contribution >= 4 is 28.8 Å². The van der Waals surface area contributed by atoms with Crippen molar-refractivity contribution in [3.8, 4) is 0 Å². The van der Waals surface area contributed by atoms with Gasteiger partial charge in [-0.3, -0.25) is 9.69 Å². The average molecular weight is 344 g/mol. The van der Waals surface area contributed by atoms with E-state index in [1.165, 1.54) is 11.8 Å². The van der Waals surface area contributed by atoms with Crippen LogP contribution in [0, 0.1) is 6.92 Å². The number of hydrogen-bond acceptors (Lipinski definition) is 5. The van der Waals surface area contributed by atoms with Crippen molar-refractivity contribution in [2.45, 2.75) is 39.8 Å². The second-order valence-corrected chi connectivity index (χ2v) is 7.16. The van der Waals surface area contributed by atoms with E-state index in [4.69, 9.17) is 4.74 Å². The van der Waals surface area contributed by atoms with Gasteiger partial charge in [-0.25, -0.2) is 9.79 Å². The molecule has 0 bridgehead atoms. The van der Waals surface area contributed by atoms with Crippen molar-refractivity contribution in [3.63, 3.8) is 0 Å². The molecule has 1 saturated heterocycles. The Morgan fingerprint density at radius 2 is 1.96 bits per heavy atom. The summed E-state index contributed by atoms with van der Waals surface area (Å²) in [6, 6.07) is 7.39. The number of benzene rings is 1. The Balaban J connectivity index is 2.11. The zero-order chi connectivity index (χ0) is 17.4. The monoisotopic (exact) mass is 344 g/mol. The van der Waals surface area contributed by atoms with Crippen LogP contribution in [0.15, 0.2) is 40.5 Å². The minimum absolute atomic E-state index is 0.0355. The van der Waals surface area contributed by atoms with Gasteiger partial charge in [-0.1, -0.05) is 41.6 Å². The summed E-state index contributed by atoms with van der Waals surface area (Å²) >= 11 is 1.41. The Bertz CT molecular complexity index is 750. The smallest absolute Gasteiger partial charge is 0.338 e. The van der Waals surface area contributed by atoms with Crippen molar-refractivity contribution in [3.05, 3.63) is 46.7 Å². The van der Waals surface area contributed by atoms with Gasteiger partial charge in [-0.2, -0.15) is 0 Å². The van der Waals surface area contributed by atoms with Gasteiger partial charge < -0.3 is 4.74 Å². The lowest BCUT2D eigenvalue weighted by atomic mass is 9.94. The number of rotatable bonds is 3. The Morgan fingerprint density at radius 3 is 2.58 bits per heavy atom. The first-order valence-electron chi connectivity index (χ1n) is 7.90. The second kappa shape index (κ2) is 6.43. The number of carbonyl (C=O) groups excluding carboxylic acids is 2. The Morgan fingerprint density at radius 1 is 1.29 bits per heavy atom. The Hall–Kier alpha value is -2.08. The summed E-state index contributed by atoms with van der Waals surface area (Å²) < 4.78 is 5.41. The van der Waals surface area contributed by atoms with Crippen LogP contribution >= 0.6 is 11.8 Å². The SMILES string of the molecule is CC1=C(C(=O)OC(C)C)C(c2ccc(C)cc2)N2C(=O)CSC2=N1. The molecule has 1 aromatic carbocycles. The van der Waals surface area contributed by atoms with Crippen molar-refractivity contribution in [1.82, 2.24) is 4.90 Å². The molecule has 1 fully saturated rings. The van der Waals surface area contributed by atoms with Gasteiger partial charge in [0.15, 0.2) is 5.17 Å². The number of carbonyl (C=O) groups is 2. The Kier molecular flexibility index (Phi) is 4.49. The average Bonchev–Trinajstić information content (AvgIpc) is 2.87. The molecule has 0 saturated carbocycles. The van der Waals surface area contributed by atoms with E-state index in [0.29, 0.717) is 22.2 Å². The molecule has 0 radical (unpaired) electrons. The third kappa shape index (κ3) is 2.98. The molecule has 2 heterocycles. The van der Waals surface area contributed by atoms with E-state index < -0.39 is 12.0 Å². The number of allylic oxidation sites excluding steroid dienone is 1. The van der Waals surface area contributed by atoms with E-state index in [1.54, 1.807) is 11.8 Å². The number of hydrogen-bond donors (Lipinski definition) is 0. The number of amides is 1. The van der Waals surface area contributed by atoms with E-state index >= 15 is 0 Å². The minimum atomic E-state index is -0.480. The van der Waals surface area contributed by atoms with Crippen LogP contribution in [0.25, 0.3) is 0 Å². The first-order valence-corrected chi connectivity index (χ1v) is 8.89. The predicted molar refractivity (Wildman–Crippen MR) is 94.6 cm³/mol. The topological polar surface area (TPSA) is 59.0 Å². The first kappa shape index (κ1) is 16.8. The molecule has 2 aliphatic rings. The summed E-state index contributed by atoms with van der Waals surface area (Å²) in [6.45, 7) is 7.42. The summed E-state index contributed by atoms with van der Waals surface area (Å²) in [5, 5.41) is 0.657. The Labute approximate surface area is 145 Å². The van der Waals surface area contributed by atoms with Gasteiger partial charge in [0.1, 0.15) is 0 Å². The maximum atomic E-state index is 12.7. The maximum Gasteiger partial charge on any atom is 0.338 e. The van der Waals surface area contributed by atoms with Crippen molar-refractivity contribution in [2.75, 3.05) is 5.75 Å². The largest absolute Gasteiger partial charge is 0.459 e. The molecule has 1 aromatic rings. The highest BCUT2D eigenvalue weighted by atomic mass is 32.2. The molecule has 1 amide bonds.